The summed E-state index contributed by atoms with van der Waals surface area (Å²) in [4.78, 5) is 11.5. The van der Waals surface area contributed by atoms with Crippen molar-refractivity contribution in [2.75, 3.05) is 11.9 Å². The van der Waals surface area contributed by atoms with Crippen LogP contribution >= 0.6 is 0 Å². The van der Waals surface area contributed by atoms with E-state index in [1.807, 2.05) is 0 Å². The predicted octanol–water partition coefficient (Wildman–Crippen LogP) is 1.77. The van der Waals surface area contributed by atoms with E-state index in [9.17, 15) is 9.18 Å². The van der Waals surface area contributed by atoms with Crippen molar-refractivity contribution in [2.45, 2.75) is 19.4 Å². The third-order valence-corrected chi connectivity index (χ3v) is 2.16. The van der Waals surface area contributed by atoms with Crippen LogP contribution in [0.15, 0.2) is 24.3 Å². The van der Waals surface area contributed by atoms with Gasteiger partial charge in [0, 0.05) is 5.69 Å². The molecule has 0 radical (unpaired) electrons. The highest BCUT2D eigenvalue weighted by molar-refractivity contribution is 5.92. The summed E-state index contributed by atoms with van der Waals surface area (Å²) in [7, 11) is 0. The number of anilines is 1. The number of carbonyl (C=O) groups excluding carboxylic acids is 1. The SMILES string of the molecule is C#CC(C)(C)NCC(=O)Nc1cccc(F)c1. The number of terminal acetylenes is 1. The Kier molecular flexibility index (Phi) is 4.24. The maximum atomic E-state index is 12.9. The lowest BCUT2D eigenvalue weighted by atomic mass is 10.1. The first-order valence-electron chi connectivity index (χ1n) is 5.21. The Morgan fingerprint density at radius 2 is 2.24 bits per heavy atom. The molecule has 17 heavy (non-hydrogen) atoms. The van der Waals surface area contributed by atoms with Crippen molar-refractivity contribution in [2.24, 2.45) is 0 Å². The highest BCUT2D eigenvalue weighted by Gasteiger charge is 2.14. The average Bonchev–Trinajstić information content (AvgIpc) is 2.27. The Morgan fingerprint density at radius 1 is 1.53 bits per heavy atom. The number of hydrogen-bond donors (Lipinski definition) is 2. The van der Waals surface area contributed by atoms with Crippen LogP contribution in [0.25, 0.3) is 0 Å². The molecule has 0 aliphatic rings. The maximum absolute atomic E-state index is 12.9. The van der Waals surface area contributed by atoms with Gasteiger partial charge in [-0.25, -0.2) is 4.39 Å². The zero-order chi connectivity index (χ0) is 12.9. The molecule has 0 aliphatic carbocycles. The number of benzene rings is 1. The predicted molar refractivity (Wildman–Crippen MR) is 65.9 cm³/mol. The fourth-order valence-electron chi connectivity index (χ4n) is 1.12. The van der Waals surface area contributed by atoms with E-state index >= 15 is 0 Å². The van der Waals surface area contributed by atoms with E-state index in [0.717, 1.165) is 0 Å². The molecule has 0 heterocycles. The molecule has 0 saturated carbocycles. The van der Waals surface area contributed by atoms with E-state index in [4.69, 9.17) is 6.42 Å². The van der Waals surface area contributed by atoms with Crippen LogP contribution in [-0.2, 0) is 4.79 Å². The fraction of sp³-hybridized carbons (Fsp3) is 0.308. The minimum atomic E-state index is -0.542. The number of halogens is 1. The lowest BCUT2D eigenvalue weighted by Crippen LogP contribution is -2.42. The molecule has 0 aliphatic heterocycles. The quantitative estimate of drug-likeness (QED) is 0.779. The molecule has 0 unspecified atom stereocenters. The van der Waals surface area contributed by atoms with Gasteiger partial charge in [0.2, 0.25) is 5.91 Å². The van der Waals surface area contributed by atoms with Crippen LogP contribution in [0, 0.1) is 18.2 Å². The van der Waals surface area contributed by atoms with Crippen molar-refractivity contribution < 1.29 is 9.18 Å². The molecule has 4 heteroatoms. The van der Waals surface area contributed by atoms with Gasteiger partial charge in [-0.3, -0.25) is 10.1 Å². The van der Waals surface area contributed by atoms with Crippen molar-refractivity contribution in [3.63, 3.8) is 0 Å². The lowest BCUT2D eigenvalue weighted by molar-refractivity contribution is -0.115. The second-order valence-electron chi connectivity index (χ2n) is 4.18. The first-order valence-corrected chi connectivity index (χ1v) is 5.21. The summed E-state index contributed by atoms with van der Waals surface area (Å²) in [5.74, 6) is 1.86. The lowest BCUT2D eigenvalue weighted by Gasteiger charge is -2.19. The molecule has 2 N–H and O–H groups in total. The number of hydrogen-bond acceptors (Lipinski definition) is 2. The highest BCUT2D eigenvalue weighted by atomic mass is 19.1. The largest absolute Gasteiger partial charge is 0.325 e. The van der Waals surface area contributed by atoms with E-state index in [1.54, 1.807) is 19.9 Å². The molecule has 90 valence electrons. The Hall–Kier alpha value is -1.86. The third kappa shape index (κ3) is 4.66. The molecular weight excluding hydrogens is 219 g/mol. The maximum Gasteiger partial charge on any atom is 0.238 e. The van der Waals surface area contributed by atoms with Crippen LogP contribution in [0.3, 0.4) is 0 Å². The monoisotopic (exact) mass is 234 g/mol. The molecule has 1 rings (SSSR count). The van der Waals surface area contributed by atoms with Gasteiger partial charge in [-0.2, -0.15) is 0 Å². The summed E-state index contributed by atoms with van der Waals surface area (Å²) < 4.78 is 12.9. The summed E-state index contributed by atoms with van der Waals surface area (Å²) in [5.41, 5.74) is -0.116. The van der Waals surface area contributed by atoms with Gasteiger partial charge in [0.05, 0.1) is 12.1 Å². The van der Waals surface area contributed by atoms with E-state index in [-0.39, 0.29) is 18.3 Å². The van der Waals surface area contributed by atoms with Gasteiger partial charge in [0.25, 0.3) is 0 Å². The Bertz CT molecular complexity index is 449. The van der Waals surface area contributed by atoms with Crippen LogP contribution in [0.1, 0.15) is 13.8 Å². The van der Waals surface area contributed by atoms with Crippen LogP contribution in [0.4, 0.5) is 10.1 Å². The average molecular weight is 234 g/mol. The summed E-state index contributed by atoms with van der Waals surface area (Å²) in [5, 5.41) is 5.47. The van der Waals surface area contributed by atoms with Crippen LogP contribution in [0.2, 0.25) is 0 Å². The summed E-state index contributed by atoms with van der Waals surface area (Å²) in [6.07, 6.45) is 5.27. The fourth-order valence-corrected chi connectivity index (χ4v) is 1.12. The summed E-state index contributed by atoms with van der Waals surface area (Å²) >= 11 is 0. The van der Waals surface area contributed by atoms with Gasteiger partial charge in [-0.15, -0.1) is 6.42 Å². The Balaban J connectivity index is 2.49. The van der Waals surface area contributed by atoms with E-state index in [1.165, 1.54) is 18.2 Å². The first kappa shape index (κ1) is 13.2. The Labute approximate surface area is 100 Å². The molecule has 0 aromatic heterocycles. The van der Waals surface area contributed by atoms with Crippen LogP contribution < -0.4 is 10.6 Å². The molecule has 1 amide bonds. The molecule has 0 spiro atoms. The normalized spacial score (nSPS) is 10.7. The zero-order valence-corrected chi connectivity index (χ0v) is 9.88. The number of rotatable bonds is 4. The smallest absolute Gasteiger partial charge is 0.238 e. The summed E-state index contributed by atoms with van der Waals surface area (Å²) in [6.45, 7) is 3.67. The van der Waals surface area contributed by atoms with Gasteiger partial charge < -0.3 is 5.32 Å². The van der Waals surface area contributed by atoms with Crippen molar-refractivity contribution >= 4 is 11.6 Å². The van der Waals surface area contributed by atoms with Gasteiger partial charge in [-0.05, 0) is 32.0 Å². The number of amides is 1. The van der Waals surface area contributed by atoms with E-state index in [0.29, 0.717) is 5.69 Å². The molecule has 0 atom stereocenters. The molecule has 0 bridgehead atoms. The van der Waals surface area contributed by atoms with E-state index in [2.05, 4.69) is 16.6 Å². The number of carbonyl (C=O) groups is 1. The van der Waals surface area contributed by atoms with Gasteiger partial charge >= 0.3 is 0 Å². The minimum Gasteiger partial charge on any atom is -0.325 e. The second-order valence-corrected chi connectivity index (χ2v) is 4.18. The van der Waals surface area contributed by atoms with Crippen LogP contribution in [-0.4, -0.2) is 18.0 Å². The van der Waals surface area contributed by atoms with Crippen molar-refractivity contribution in [3.8, 4) is 12.3 Å². The van der Waals surface area contributed by atoms with Gasteiger partial charge in [-0.1, -0.05) is 12.0 Å². The molecule has 0 saturated heterocycles. The summed E-state index contributed by atoms with van der Waals surface area (Å²) in [6, 6.07) is 5.72. The van der Waals surface area contributed by atoms with E-state index < -0.39 is 5.54 Å². The van der Waals surface area contributed by atoms with Gasteiger partial charge in [0.1, 0.15) is 5.82 Å². The molecular formula is C13H15FN2O. The van der Waals surface area contributed by atoms with Crippen molar-refractivity contribution in [3.05, 3.63) is 30.1 Å². The first-order chi connectivity index (χ1) is 7.93. The van der Waals surface area contributed by atoms with Gasteiger partial charge in [0.15, 0.2) is 0 Å². The number of nitrogens with one attached hydrogen (secondary N) is 2. The molecule has 1 aromatic carbocycles. The molecule has 3 nitrogen and oxygen atoms in total. The standard InChI is InChI=1S/C13H15FN2O/c1-4-13(2,3)15-9-12(17)16-11-7-5-6-10(14)8-11/h1,5-8,15H,9H2,2-3H3,(H,16,17). The van der Waals surface area contributed by atoms with Crippen molar-refractivity contribution in [1.29, 1.82) is 0 Å². The topological polar surface area (TPSA) is 41.1 Å². The van der Waals surface area contributed by atoms with Crippen LogP contribution in [0.5, 0.6) is 0 Å². The van der Waals surface area contributed by atoms with Crippen molar-refractivity contribution in [1.82, 2.24) is 5.32 Å². The zero-order valence-electron chi connectivity index (χ0n) is 9.88. The Morgan fingerprint density at radius 3 is 2.82 bits per heavy atom. The highest BCUT2D eigenvalue weighted by Crippen LogP contribution is 2.08. The molecule has 1 aromatic rings. The second kappa shape index (κ2) is 5.46. The molecule has 0 fully saturated rings. The third-order valence-electron chi connectivity index (χ3n) is 2.16. The minimum absolute atomic E-state index is 0.0771.